The molecule has 7 nitrogen and oxygen atoms in total. The molecule has 0 saturated carbocycles. The molecule has 0 aliphatic carbocycles. The van der Waals surface area contributed by atoms with Crippen LogP contribution in [0.5, 0.6) is 5.75 Å². The number of hydrogen-bond donors (Lipinski definition) is 1. The van der Waals surface area contributed by atoms with E-state index in [1.807, 2.05) is 4.90 Å². The van der Waals surface area contributed by atoms with Crippen molar-refractivity contribution >= 4 is 17.3 Å². The Morgan fingerprint density at radius 1 is 1.45 bits per heavy atom. The summed E-state index contributed by atoms with van der Waals surface area (Å²) in [6.07, 6.45) is 1.16. The van der Waals surface area contributed by atoms with Gasteiger partial charge in [0.2, 0.25) is 0 Å². The van der Waals surface area contributed by atoms with E-state index in [4.69, 9.17) is 9.84 Å². The van der Waals surface area contributed by atoms with Gasteiger partial charge in [-0.3, -0.25) is 14.9 Å². The van der Waals surface area contributed by atoms with Crippen LogP contribution in [-0.2, 0) is 4.79 Å². The first-order valence-corrected chi connectivity index (χ1v) is 6.33. The van der Waals surface area contributed by atoms with Crippen LogP contribution >= 0.6 is 0 Å². The Labute approximate surface area is 115 Å². The first-order chi connectivity index (χ1) is 9.52. The largest absolute Gasteiger partial charge is 0.490 e. The van der Waals surface area contributed by atoms with Crippen molar-refractivity contribution in [3.8, 4) is 5.75 Å². The van der Waals surface area contributed by atoms with E-state index in [1.165, 1.54) is 13.2 Å². The van der Waals surface area contributed by atoms with Gasteiger partial charge in [0, 0.05) is 30.9 Å². The SMILES string of the molecule is COc1cc(N2CCC(C(=O)O)CC2)ccc1[N+](=O)[O-]. The maximum absolute atomic E-state index is 10.9. The molecule has 0 amide bonds. The third-order valence-corrected chi connectivity index (χ3v) is 3.57. The molecule has 2 rings (SSSR count). The number of nitro groups is 1. The summed E-state index contributed by atoms with van der Waals surface area (Å²) in [6, 6.07) is 4.71. The van der Waals surface area contributed by atoms with Gasteiger partial charge in [-0.2, -0.15) is 0 Å². The average Bonchev–Trinajstić information content (AvgIpc) is 2.46. The third kappa shape index (κ3) is 2.81. The van der Waals surface area contributed by atoms with Crippen LogP contribution in [-0.4, -0.2) is 36.2 Å². The van der Waals surface area contributed by atoms with Crippen molar-refractivity contribution < 1.29 is 19.6 Å². The van der Waals surface area contributed by atoms with E-state index >= 15 is 0 Å². The van der Waals surface area contributed by atoms with Crippen LogP contribution in [0, 0.1) is 16.0 Å². The van der Waals surface area contributed by atoms with Gasteiger partial charge in [-0.05, 0) is 18.9 Å². The highest BCUT2D eigenvalue weighted by molar-refractivity contribution is 5.70. The number of aliphatic carboxylic acids is 1. The van der Waals surface area contributed by atoms with Gasteiger partial charge in [0.25, 0.3) is 0 Å². The number of nitrogens with zero attached hydrogens (tertiary/aromatic N) is 2. The summed E-state index contributed by atoms with van der Waals surface area (Å²) < 4.78 is 5.04. The molecule has 0 radical (unpaired) electrons. The topological polar surface area (TPSA) is 92.9 Å². The minimum absolute atomic E-state index is 0.0725. The molecule has 7 heteroatoms. The van der Waals surface area contributed by atoms with Crippen LogP contribution < -0.4 is 9.64 Å². The van der Waals surface area contributed by atoms with Crippen molar-refractivity contribution in [1.82, 2.24) is 0 Å². The fourth-order valence-electron chi connectivity index (χ4n) is 2.40. The lowest BCUT2D eigenvalue weighted by Gasteiger charge is -2.32. The summed E-state index contributed by atoms with van der Waals surface area (Å²) >= 11 is 0. The third-order valence-electron chi connectivity index (χ3n) is 3.57. The fourth-order valence-corrected chi connectivity index (χ4v) is 2.40. The summed E-state index contributed by atoms with van der Waals surface area (Å²) in [4.78, 5) is 23.3. The number of methoxy groups -OCH3 is 1. The number of carbonyl (C=O) groups is 1. The Morgan fingerprint density at radius 3 is 2.60 bits per heavy atom. The molecule has 0 bridgehead atoms. The summed E-state index contributed by atoms with van der Waals surface area (Å²) in [5, 5.41) is 19.8. The molecular formula is C13H16N2O5. The lowest BCUT2D eigenvalue weighted by Crippen LogP contribution is -2.36. The normalized spacial score (nSPS) is 15.9. The van der Waals surface area contributed by atoms with Crippen molar-refractivity contribution in [2.75, 3.05) is 25.1 Å². The minimum atomic E-state index is -0.758. The van der Waals surface area contributed by atoms with Gasteiger partial charge in [-0.1, -0.05) is 0 Å². The van der Waals surface area contributed by atoms with E-state index in [-0.39, 0.29) is 17.4 Å². The number of hydrogen-bond acceptors (Lipinski definition) is 5. The monoisotopic (exact) mass is 280 g/mol. The molecule has 1 aromatic carbocycles. The summed E-state index contributed by atoms with van der Waals surface area (Å²) in [6.45, 7) is 1.25. The van der Waals surface area contributed by atoms with Gasteiger partial charge in [0.05, 0.1) is 18.0 Å². The van der Waals surface area contributed by atoms with Gasteiger partial charge in [0.1, 0.15) is 0 Å². The average molecular weight is 280 g/mol. The van der Waals surface area contributed by atoms with Crippen molar-refractivity contribution in [1.29, 1.82) is 0 Å². The van der Waals surface area contributed by atoms with Crippen molar-refractivity contribution in [2.45, 2.75) is 12.8 Å². The zero-order valence-corrected chi connectivity index (χ0v) is 11.1. The van der Waals surface area contributed by atoms with E-state index < -0.39 is 10.9 Å². The van der Waals surface area contributed by atoms with Crippen molar-refractivity contribution in [3.05, 3.63) is 28.3 Å². The second kappa shape index (κ2) is 5.77. The quantitative estimate of drug-likeness (QED) is 0.669. The summed E-state index contributed by atoms with van der Waals surface area (Å²) in [5.41, 5.74) is 0.743. The molecule has 1 aliphatic rings. The molecule has 1 N–H and O–H groups in total. The van der Waals surface area contributed by atoms with Crippen LogP contribution in [0.3, 0.4) is 0 Å². The highest BCUT2D eigenvalue weighted by atomic mass is 16.6. The number of nitro benzene ring substituents is 1. The standard InChI is InChI=1S/C13H16N2O5/c1-20-12-8-10(2-3-11(12)15(18)19)14-6-4-9(5-7-14)13(16)17/h2-3,8-9H,4-7H2,1H3,(H,16,17). The summed E-state index contributed by atoms with van der Waals surface area (Å²) in [7, 11) is 1.39. The maximum Gasteiger partial charge on any atom is 0.311 e. The van der Waals surface area contributed by atoms with E-state index in [1.54, 1.807) is 12.1 Å². The first-order valence-electron chi connectivity index (χ1n) is 6.33. The Hall–Kier alpha value is -2.31. The van der Waals surface area contributed by atoms with E-state index in [0.717, 1.165) is 5.69 Å². The second-order valence-electron chi connectivity index (χ2n) is 4.71. The van der Waals surface area contributed by atoms with Gasteiger partial charge in [0.15, 0.2) is 5.75 Å². The molecular weight excluding hydrogens is 264 g/mol. The van der Waals surface area contributed by atoms with Crippen LogP contribution in [0.2, 0.25) is 0 Å². The van der Waals surface area contributed by atoms with E-state index in [0.29, 0.717) is 25.9 Å². The van der Waals surface area contributed by atoms with E-state index in [2.05, 4.69) is 0 Å². The molecule has 108 valence electrons. The Morgan fingerprint density at radius 2 is 2.10 bits per heavy atom. The Bertz CT molecular complexity index is 523. The van der Waals surface area contributed by atoms with Crippen LogP contribution in [0.15, 0.2) is 18.2 Å². The molecule has 0 atom stereocenters. The fraction of sp³-hybridized carbons (Fsp3) is 0.462. The summed E-state index contributed by atoms with van der Waals surface area (Å²) in [5.74, 6) is -0.843. The maximum atomic E-state index is 10.9. The van der Waals surface area contributed by atoms with Gasteiger partial charge in [-0.15, -0.1) is 0 Å². The van der Waals surface area contributed by atoms with Gasteiger partial charge in [-0.25, -0.2) is 0 Å². The van der Waals surface area contributed by atoms with E-state index in [9.17, 15) is 14.9 Å². The predicted octanol–water partition coefficient (Wildman–Crippen LogP) is 1.90. The first kappa shape index (κ1) is 14.1. The molecule has 1 aliphatic heterocycles. The number of anilines is 1. The Kier molecular flexibility index (Phi) is 4.07. The van der Waals surface area contributed by atoms with Crippen LogP contribution in [0.4, 0.5) is 11.4 Å². The molecule has 20 heavy (non-hydrogen) atoms. The van der Waals surface area contributed by atoms with Crippen LogP contribution in [0.1, 0.15) is 12.8 Å². The molecule has 1 heterocycles. The molecule has 1 saturated heterocycles. The number of carboxylic acids is 1. The highest BCUT2D eigenvalue weighted by Gasteiger charge is 2.25. The van der Waals surface area contributed by atoms with Gasteiger partial charge < -0.3 is 14.7 Å². The molecule has 0 unspecified atom stereocenters. The highest BCUT2D eigenvalue weighted by Crippen LogP contribution is 2.33. The molecule has 0 spiro atoms. The predicted molar refractivity (Wildman–Crippen MR) is 72.2 cm³/mol. The van der Waals surface area contributed by atoms with Crippen LogP contribution in [0.25, 0.3) is 0 Å². The van der Waals surface area contributed by atoms with Gasteiger partial charge >= 0.3 is 11.7 Å². The second-order valence-corrected chi connectivity index (χ2v) is 4.71. The number of piperidine rings is 1. The smallest absolute Gasteiger partial charge is 0.311 e. The number of carboxylic acid groups (broad SMARTS) is 1. The Balaban J connectivity index is 2.14. The minimum Gasteiger partial charge on any atom is -0.490 e. The molecule has 0 aromatic heterocycles. The lowest BCUT2D eigenvalue weighted by atomic mass is 9.97. The molecule has 1 aromatic rings. The number of rotatable bonds is 4. The zero-order chi connectivity index (χ0) is 14.7. The number of benzene rings is 1. The van der Waals surface area contributed by atoms with Crippen molar-refractivity contribution in [3.63, 3.8) is 0 Å². The number of ether oxygens (including phenoxy) is 1. The van der Waals surface area contributed by atoms with Crippen molar-refractivity contribution in [2.24, 2.45) is 5.92 Å². The zero-order valence-electron chi connectivity index (χ0n) is 11.1. The lowest BCUT2D eigenvalue weighted by molar-refractivity contribution is -0.385. The molecule has 1 fully saturated rings.